The number of benzene rings is 3. The van der Waals surface area contributed by atoms with Gasteiger partial charge in [-0.15, -0.1) is 0 Å². The average Bonchev–Trinajstić information content (AvgIpc) is 3.42. The van der Waals surface area contributed by atoms with Crippen molar-refractivity contribution in [2.24, 2.45) is 0 Å². The molecule has 8 nitrogen and oxygen atoms in total. The first-order valence-corrected chi connectivity index (χ1v) is 11.4. The minimum absolute atomic E-state index is 0.0881. The smallest absolute Gasteiger partial charge is 0.255 e. The van der Waals surface area contributed by atoms with Gasteiger partial charge in [0.15, 0.2) is 0 Å². The summed E-state index contributed by atoms with van der Waals surface area (Å²) in [6.45, 7) is 1.21. The Hall–Kier alpha value is -4.04. The molecule has 0 saturated carbocycles. The molecule has 3 aromatic rings. The minimum Gasteiger partial charge on any atom is -0.494 e. The molecule has 3 aromatic carbocycles. The van der Waals surface area contributed by atoms with Crippen LogP contribution in [0, 0.1) is 0 Å². The van der Waals surface area contributed by atoms with Crippen LogP contribution in [-0.4, -0.2) is 45.4 Å². The highest BCUT2D eigenvalue weighted by molar-refractivity contribution is 6.07. The topological polar surface area (TPSA) is 95.1 Å². The van der Waals surface area contributed by atoms with Crippen LogP contribution in [0.1, 0.15) is 33.6 Å². The minimum atomic E-state index is -0.339. The number of anilines is 2. The summed E-state index contributed by atoms with van der Waals surface area (Å²) in [7, 11) is 2.97. The van der Waals surface area contributed by atoms with Gasteiger partial charge in [-0.25, -0.2) is 0 Å². The molecule has 4 rings (SSSR count). The molecular weight excluding hydrogens is 448 g/mol. The first kappa shape index (κ1) is 24.1. The molecule has 1 atom stereocenters. The van der Waals surface area contributed by atoms with Gasteiger partial charge in [-0.2, -0.15) is 0 Å². The SMILES string of the molecule is COc1cc(NC(=O)c2cccc(OC[C@H]3CCCO3)c2)c(OC)cc1NC(=O)c1ccccc1. The van der Waals surface area contributed by atoms with Crippen molar-refractivity contribution in [1.29, 1.82) is 0 Å². The third-order valence-corrected chi connectivity index (χ3v) is 5.61. The maximum absolute atomic E-state index is 13.0. The van der Waals surface area contributed by atoms with Gasteiger partial charge >= 0.3 is 0 Å². The van der Waals surface area contributed by atoms with Gasteiger partial charge in [-0.3, -0.25) is 9.59 Å². The lowest BCUT2D eigenvalue weighted by atomic mass is 10.1. The second-order valence-corrected chi connectivity index (χ2v) is 8.00. The van der Waals surface area contributed by atoms with Crippen LogP contribution in [0.3, 0.4) is 0 Å². The maximum atomic E-state index is 13.0. The van der Waals surface area contributed by atoms with Gasteiger partial charge in [-0.1, -0.05) is 24.3 Å². The van der Waals surface area contributed by atoms with Crippen molar-refractivity contribution < 1.29 is 28.5 Å². The molecular formula is C27H28N2O6. The number of hydrogen-bond acceptors (Lipinski definition) is 6. The zero-order chi connectivity index (χ0) is 24.6. The van der Waals surface area contributed by atoms with Crippen LogP contribution >= 0.6 is 0 Å². The summed E-state index contributed by atoms with van der Waals surface area (Å²) in [5, 5.41) is 5.68. The van der Waals surface area contributed by atoms with Crippen molar-refractivity contribution in [3.8, 4) is 17.2 Å². The van der Waals surface area contributed by atoms with Crippen LogP contribution in [-0.2, 0) is 4.74 Å². The lowest BCUT2D eigenvalue weighted by molar-refractivity contribution is 0.0679. The zero-order valence-corrected chi connectivity index (χ0v) is 19.7. The fraction of sp³-hybridized carbons (Fsp3) is 0.259. The molecule has 0 radical (unpaired) electrons. The van der Waals surface area contributed by atoms with Crippen molar-refractivity contribution >= 4 is 23.2 Å². The number of nitrogens with one attached hydrogen (secondary N) is 2. The third kappa shape index (κ3) is 6.10. The van der Waals surface area contributed by atoms with Crippen LogP contribution in [0.25, 0.3) is 0 Å². The van der Waals surface area contributed by atoms with Gasteiger partial charge in [0.2, 0.25) is 0 Å². The van der Waals surface area contributed by atoms with E-state index in [2.05, 4.69) is 10.6 Å². The Balaban J connectivity index is 1.49. The number of amides is 2. The summed E-state index contributed by atoms with van der Waals surface area (Å²) in [5.74, 6) is 0.709. The van der Waals surface area contributed by atoms with Crippen molar-refractivity contribution in [3.63, 3.8) is 0 Å². The number of rotatable bonds is 9. The van der Waals surface area contributed by atoms with E-state index < -0.39 is 0 Å². The lowest BCUT2D eigenvalue weighted by Crippen LogP contribution is -2.17. The standard InChI is InChI=1S/C27H28N2O6/c1-32-24-16-23(25(33-2)15-22(24)28-26(30)18-8-4-3-5-9-18)29-27(31)19-10-6-11-20(14-19)35-17-21-12-7-13-34-21/h3-6,8-11,14-16,21H,7,12-13,17H2,1-2H3,(H,28,30)(H,29,31)/t21-/m1/s1. The van der Waals surface area contributed by atoms with Crippen LogP contribution < -0.4 is 24.8 Å². The van der Waals surface area contributed by atoms with Crippen molar-refractivity contribution in [2.45, 2.75) is 18.9 Å². The molecule has 1 aliphatic heterocycles. The van der Waals surface area contributed by atoms with E-state index in [-0.39, 0.29) is 17.9 Å². The highest BCUT2D eigenvalue weighted by atomic mass is 16.5. The van der Waals surface area contributed by atoms with Crippen molar-refractivity contribution in [2.75, 3.05) is 38.1 Å². The monoisotopic (exact) mass is 476 g/mol. The first-order valence-electron chi connectivity index (χ1n) is 11.4. The molecule has 182 valence electrons. The summed E-state index contributed by atoms with van der Waals surface area (Å²) in [6, 6.07) is 19.0. The van der Waals surface area contributed by atoms with Crippen LogP contribution in [0.2, 0.25) is 0 Å². The number of hydrogen-bond donors (Lipinski definition) is 2. The van der Waals surface area contributed by atoms with Crippen LogP contribution in [0.5, 0.6) is 17.2 Å². The van der Waals surface area contributed by atoms with Gasteiger partial charge in [0.25, 0.3) is 11.8 Å². The second-order valence-electron chi connectivity index (χ2n) is 8.00. The second kappa shape index (κ2) is 11.4. The third-order valence-electron chi connectivity index (χ3n) is 5.61. The molecule has 1 heterocycles. The van der Waals surface area contributed by atoms with Gasteiger partial charge in [-0.05, 0) is 43.2 Å². The van der Waals surface area contributed by atoms with E-state index in [0.717, 1.165) is 19.4 Å². The molecule has 0 aromatic heterocycles. The van der Waals surface area contributed by atoms with E-state index in [4.69, 9.17) is 18.9 Å². The number of methoxy groups -OCH3 is 2. The van der Waals surface area contributed by atoms with E-state index in [0.29, 0.717) is 46.4 Å². The Morgan fingerprint density at radius 3 is 2.09 bits per heavy atom. The van der Waals surface area contributed by atoms with E-state index in [9.17, 15) is 9.59 Å². The van der Waals surface area contributed by atoms with Gasteiger partial charge in [0, 0.05) is 29.9 Å². The number of carbonyl (C=O) groups is 2. The van der Waals surface area contributed by atoms with Gasteiger partial charge in [0.1, 0.15) is 23.9 Å². The fourth-order valence-electron chi connectivity index (χ4n) is 3.76. The quantitative estimate of drug-likeness (QED) is 0.462. The molecule has 35 heavy (non-hydrogen) atoms. The van der Waals surface area contributed by atoms with Crippen LogP contribution in [0.15, 0.2) is 66.7 Å². The normalized spacial score (nSPS) is 14.7. The average molecular weight is 477 g/mol. The van der Waals surface area contributed by atoms with E-state index in [1.807, 2.05) is 6.07 Å². The van der Waals surface area contributed by atoms with Gasteiger partial charge in [0.05, 0.1) is 31.7 Å². The Morgan fingerprint density at radius 2 is 1.49 bits per heavy atom. The largest absolute Gasteiger partial charge is 0.494 e. The molecule has 1 aliphatic rings. The Labute approximate surface area is 204 Å². The Morgan fingerprint density at radius 1 is 0.857 bits per heavy atom. The lowest BCUT2D eigenvalue weighted by Gasteiger charge is -2.16. The predicted molar refractivity (Wildman–Crippen MR) is 133 cm³/mol. The van der Waals surface area contributed by atoms with E-state index in [1.54, 1.807) is 60.7 Å². The summed E-state index contributed by atoms with van der Waals surface area (Å²) >= 11 is 0. The molecule has 2 amide bonds. The highest BCUT2D eigenvalue weighted by Gasteiger charge is 2.18. The molecule has 1 saturated heterocycles. The summed E-state index contributed by atoms with van der Waals surface area (Å²) < 4.78 is 22.3. The van der Waals surface area contributed by atoms with Crippen molar-refractivity contribution in [3.05, 3.63) is 77.9 Å². The van der Waals surface area contributed by atoms with Crippen LogP contribution in [0.4, 0.5) is 11.4 Å². The molecule has 0 bridgehead atoms. The zero-order valence-electron chi connectivity index (χ0n) is 19.7. The molecule has 1 fully saturated rings. The Bertz CT molecular complexity index is 1180. The molecule has 8 heteroatoms. The molecule has 2 N–H and O–H groups in total. The Kier molecular flexibility index (Phi) is 7.84. The van der Waals surface area contributed by atoms with Gasteiger partial charge < -0.3 is 29.6 Å². The molecule has 0 unspecified atom stereocenters. The molecule has 0 aliphatic carbocycles. The van der Waals surface area contributed by atoms with E-state index in [1.165, 1.54) is 14.2 Å². The summed E-state index contributed by atoms with van der Waals surface area (Å²) in [5.41, 5.74) is 1.75. The fourth-order valence-corrected chi connectivity index (χ4v) is 3.76. The predicted octanol–water partition coefficient (Wildman–Crippen LogP) is 4.77. The highest BCUT2D eigenvalue weighted by Crippen LogP contribution is 2.37. The number of carbonyl (C=O) groups excluding carboxylic acids is 2. The summed E-state index contributed by atoms with van der Waals surface area (Å²) in [6.07, 6.45) is 2.10. The number of ether oxygens (including phenoxy) is 4. The van der Waals surface area contributed by atoms with Crippen molar-refractivity contribution in [1.82, 2.24) is 0 Å². The molecule has 0 spiro atoms. The first-order chi connectivity index (χ1) is 17.1. The van der Waals surface area contributed by atoms with E-state index >= 15 is 0 Å². The maximum Gasteiger partial charge on any atom is 0.255 e. The summed E-state index contributed by atoms with van der Waals surface area (Å²) in [4.78, 5) is 25.6.